The van der Waals surface area contributed by atoms with E-state index < -0.39 is 0 Å². The zero-order chi connectivity index (χ0) is 15.5. The number of morpholine rings is 1. The van der Waals surface area contributed by atoms with Crippen molar-refractivity contribution in [2.45, 2.75) is 38.7 Å². The number of benzene rings is 1. The maximum Gasteiger partial charge on any atom is 0.251 e. The number of nitrogens with zero attached hydrogens (tertiary/aromatic N) is 1. The van der Waals surface area contributed by atoms with Crippen LogP contribution in [0.1, 0.15) is 18.1 Å². The standard InChI is InChI=1S/C17H24N2O3/c1-12-3-5-14(6-4-12)10-19-7-8-21-15(11-19)9-18-17(20)16-13(2)22-16/h3-6,13,15-16H,7-11H2,1-2H3,(H,18,20)/t13-,15?,16+/m0/s1. The van der Waals surface area contributed by atoms with E-state index in [1.165, 1.54) is 11.1 Å². The molecule has 2 aliphatic rings. The quantitative estimate of drug-likeness (QED) is 0.828. The molecule has 1 aromatic rings. The van der Waals surface area contributed by atoms with Crippen LogP contribution in [0.3, 0.4) is 0 Å². The first kappa shape index (κ1) is 15.5. The molecule has 3 atom stereocenters. The van der Waals surface area contributed by atoms with Gasteiger partial charge in [-0.05, 0) is 19.4 Å². The Kier molecular flexibility index (Phi) is 4.76. The fourth-order valence-electron chi connectivity index (χ4n) is 2.78. The van der Waals surface area contributed by atoms with Crippen molar-refractivity contribution < 1.29 is 14.3 Å². The predicted octanol–water partition coefficient (Wildman–Crippen LogP) is 1.10. The lowest BCUT2D eigenvalue weighted by atomic mass is 10.1. The predicted molar refractivity (Wildman–Crippen MR) is 83.5 cm³/mol. The molecule has 1 amide bonds. The summed E-state index contributed by atoms with van der Waals surface area (Å²) in [4.78, 5) is 14.1. The van der Waals surface area contributed by atoms with E-state index in [0.29, 0.717) is 13.2 Å². The van der Waals surface area contributed by atoms with Gasteiger partial charge in [0.05, 0.1) is 18.8 Å². The molecule has 1 unspecified atom stereocenters. The van der Waals surface area contributed by atoms with E-state index in [9.17, 15) is 4.79 Å². The number of carbonyl (C=O) groups excluding carboxylic acids is 1. The maximum atomic E-state index is 11.8. The minimum Gasteiger partial charge on any atom is -0.374 e. The number of rotatable bonds is 5. The van der Waals surface area contributed by atoms with Gasteiger partial charge in [0.25, 0.3) is 5.91 Å². The van der Waals surface area contributed by atoms with Crippen LogP contribution < -0.4 is 5.32 Å². The van der Waals surface area contributed by atoms with Gasteiger partial charge in [0.15, 0.2) is 6.10 Å². The highest BCUT2D eigenvalue weighted by atomic mass is 16.6. The second kappa shape index (κ2) is 6.77. The molecule has 0 bridgehead atoms. The summed E-state index contributed by atoms with van der Waals surface area (Å²) >= 11 is 0. The van der Waals surface area contributed by atoms with Gasteiger partial charge in [-0.1, -0.05) is 29.8 Å². The third kappa shape index (κ3) is 4.06. The maximum absolute atomic E-state index is 11.8. The lowest BCUT2D eigenvalue weighted by Crippen LogP contribution is -2.47. The molecule has 22 heavy (non-hydrogen) atoms. The molecule has 0 radical (unpaired) electrons. The summed E-state index contributed by atoms with van der Waals surface area (Å²) in [5.41, 5.74) is 2.60. The molecule has 0 spiro atoms. The van der Waals surface area contributed by atoms with Gasteiger partial charge in [-0.25, -0.2) is 0 Å². The Balaban J connectivity index is 1.44. The molecule has 2 heterocycles. The Morgan fingerprint density at radius 1 is 1.36 bits per heavy atom. The number of aryl methyl sites for hydroxylation is 1. The average molecular weight is 304 g/mol. The van der Waals surface area contributed by atoms with Crippen molar-refractivity contribution in [3.63, 3.8) is 0 Å². The Labute approximate surface area is 131 Å². The van der Waals surface area contributed by atoms with Gasteiger partial charge in [0.2, 0.25) is 0 Å². The Bertz CT molecular complexity index is 517. The molecule has 2 saturated heterocycles. The van der Waals surface area contributed by atoms with Crippen molar-refractivity contribution in [3.05, 3.63) is 35.4 Å². The highest BCUT2D eigenvalue weighted by Crippen LogP contribution is 2.20. The molecule has 1 N–H and O–H groups in total. The lowest BCUT2D eigenvalue weighted by molar-refractivity contribution is -0.123. The highest BCUT2D eigenvalue weighted by Gasteiger charge is 2.41. The molecule has 120 valence electrons. The van der Waals surface area contributed by atoms with Gasteiger partial charge in [0.1, 0.15) is 0 Å². The van der Waals surface area contributed by atoms with E-state index in [2.05, 4.69) is 41.4 Å². The molecular formula is C17H24N2O3. The molecule has 5 heteroatoms. The first-order chi connectivity index (χ1) is 10.6. The fraction of sp³-hybridized carbons (Fsp3) is 0.588. The van der Waals surface area contributed by atoms with E-state index in [1.54, 1.807) is 0 Å². The third-order valence-corrected chi connectivity index (χ3v) is 4.22. The van der Waals surface area contributed by atoms with Crippen molar-refractivity contribution in [2.75, 3.05) is 26.2 Å². The van der Waals surface area contributed by atoms with Crippen LogP contribution >= 0.6 is 0 Å². The van der Waals surface area contributed by atoms with Crippen LogP contribution in [0, 0.1) is 6.92 Å². The van der Waals surface area contributed by atoms with Crippen molar-refractivity contribution in [1.82, 2.24) is 10.2 Å². The molecule has 2 aliphatic heterocycles. The van der Waals surface area contributed by atoms with Crippen LogP contribution in [0.2, 0.25) is 0 Å². The summed E-state index contributed by atoms with van der Waals surface area (Å²) in [5.74, 6) is -0.0215. The van der Waals surface area contributed by atoms with Crippen LogP contribution in [0.15, 0.2) is 24.3 Å². The third-order valence-electron chi connectivity index (χ3n) is 4.22. The first-order valence-corrected chi connectivity index (χ1v) is 7.94. The number of ether oxygens (including phenoxy) is 2. The van der Waals surface area contributed by atoms with E-state index in [-0.39, 0.29) is 24.2 Å². The number of amides is 1. The normalized spacial score (nSPS) is 28.4. The van der Waals surface area contributed by atoms with Gasteiger partial charge in [0, 0.05) is 26.2 Å². The Hall–Kier alpha value is -1.43. The minimum absolute atomic E-state index is 0.0215. The molecule has 1 aromatic carbocycles. The van der Waals surface area contributed by atoms with Crippen LogP contribution in [-0.4, -0.2) is 55.4 Å². The monoisotopic (exact) mass is 304 g/mol. The van der Waals surface area contributed by atoms with Gasteiger partial charge < -0.3 is 14.8 Å². The molecule has 5 nitrogen and oxygen atoms in total. The molecular weight excluding hydrogens is 280 g/mol. The van der Waals surface area contributed by atoms with Crippen LogP contribution in [0.4, 0.5) is 0 Å². The van der Waals surface area contributed by atoms with Crippen LogP contribution in [0.5, 0.6) is 0 Å². The summed E-state index contributed by atoms with van der Waals surface area (Å²) in [6.45, 7) is 7.97. The van der Waals surface area contributed by atoms with E-state index in [1.807, 2.05) is 6.92 Å². The summed E-state index contributed by atoms with van der Waals surface area (Å²) < 4.78 is 10.9. The smallest absolute Gasteiger partial charge is 0.251 e. The molecule has 0 aromatic heterocycles. The first-order valence-electron chi connectivity index (χ1n) is 7.94. The van der Waals surface area contributed by atoms with Crippen LogP contribution in [-0.2, 0) is 20.8 Å². The van der Waals surface area contributed by atoms with Gasteiger partial charge in [-0.15, -0.1) is 0 Å². The Morgan fingerprint density at radius 2 is 2.09 bits per heavy atom. The largest absolute Gasteiger partial charge is 0.374 e. The molecule has 0 saturated carbocycles. The number of hydrogen-bond acceptors (Lipinski definition) is 4. The second-order valence-corrected chi connectivity index (χ2v) is 6.22. The minimum atomic E-state index is -0.257. The number of hydrogen-bond donors (Lipinski definition) is 1. The lowest BCUT2D eigenvalue weighted by Gasteiger charge is -2.33. The van der Waals surface area contributed by atoms with Gasteiger partial charge in [-0.3, -0.25) is 9.69 Å². The van der Waals surface area contributed by atoms with Crippen LogP contribution in [0.25, 0.3) is 0 Å². The van der Waals surface area contributed by atoms with Crippen molar-refractivity contribution in [1.29, 1.82) is 0 Å². The number of epoxide rings is 1. The topological polar surface area (TPSA) is 54.1 Å². The van der Waals surface area contributed by atoms with E-state index in [4.69, 9.17) is 9.47 Å². The summed E-state index contributed by atoms with van der Waals surface area (Å²) in [7, 11) is 0. The molecule has 3 rings (SSSR count). The summed E-state index contributed by atoms with van der Waals surface area (Å²) in [5, 5.41) is 2.92. The fourth-order valence-corrected chi connectivity index (χ4v) is 2.78. The average Bonchev–Trinajstić information content (AvgIpc) is 3.25. The molecule has 0 aliphatic carbocycles. The SMILES string of the molecule is Cc1ccc(CN2CCOC(CNC(=O)[C@@H]3O[C@H]3C)C2)cc1. The second-order valence-electron chi connectivity index (χ2n) is 6.22. The van der Waals surface area contributed by atoms with Crippen molar-refractivity contribution in [3.8, 4) is 0 Å². The van der Waals surface area contributed by atoms with Crippen molar-refractivity contribution >= 4 is 5.91 Å². The number of nitrogens with one attached hydrogen (secondary N) is 1. The van der Waals surface area contributed by atoms with Gasteiger partial charge in [-0.2, -0.15) is 0 Å². The molecule has 2 fully saturated rings. The number of carbonyl (C=O) groups is 1. The Morgan fingerprint density at radius 3 is 2.77 bits per heavy atom. The summed E-state index contributed by atoms with van der Waals surface area (Å²) in [6.07, 6.45) is -0.144. The van der Waals surface area contributed by atoms with Crippen molar-refractivity contribution in [2.24, 2.45) is 0 Å². The van der Waals surface area contributed by atoms with E-state index >= 15 is 0 Å². The zero-order valence-electron chi connectivity index (χ0n) is 13.2. The summed E-state index contributed by atoms with van der Waals surface area (Å²) in [6, 6.07) is 8.63. The van der Waals surface area contributed by atoms with Gasteiger partial charge >= 0.3 is 0 Å². The van der Waals surface area contributed by atoms with E-state index in [0.717, 1.165) is 19.6 Å². The zero-order valence-corrected chi connectivity index (χ0v) is 13.2. The highest BCUT2D eigenvalue weighted by molar-refractivity contribution is 5.83.